The highest BCUT2D eigenvalue weighted by Gasteiger charge is 2.25. The van der Waals surface area contributed by atoms with Gasteiger partial charge in [0, 0.05) is 36.3 Å². The van der Waals surface area contributed by atoms with Crippen LogP contribution in [0, 0.1) is 6.92 Å². The topological polar surface area (TPSA) is 115 Å². The zero-order valence-corrected chi connectivity index (χ0v) is 18.7. The van der Waals surface area contributed by atoms with Crippen molar-refractivity contribution in [2.45, 2.75) is 19.4 Å². The summed E-state index contributed by atoms with van der Waals surface area (Å²) in [6.45, 7) is 2.89. The van der Waals surface area contributed by atoms with Crippen molar-refractivity contribution < 1.29 is 9.32 Å². The van der Waals surface area contributed by atoms with Crippen LogP contribution < -0.4 is 10.6 Å². The lowest BCUT2D eigenvalue weighted by Crippen LogP contribution is -2.35. The first-order chi connectivity index (χ1) is 16.5. The van der Waals surface area contributed by atoms with Crippen LogP contribution in [0.5, 0.6) is 0 Å². The molecule has 0 saturated carbocycles. The predicted molar refractivity (Wildman–Crippen MR) is 125 cm³/mol. The Morgan fingerprint density at radius 1 is 1.18 bits per heavy atom. The van der Waals surface area contributed by atoms with Gasteiger partial charge in [-0.15, -0.1) is 0 Å². The van der Waals surface area contributed by atoms with E-state index in [0.717, 1.165) is 35.3 Å². The van der Waals surface area contributed by atoms with E-state index in [1.807, 2.05) is 62.8 Å². The van der Waals surface area contributed by atoms with Gasteiger partial charge in [0.1, 0.15) is 11.3 Å². The molecule has 10 heteroatoms. The maximum absolute atomic E-state index is 13.1. The lowest BCUT2D eigenvalue weighted by molar-refractivity contribution is 0.102. The molecule has 5 heterocycles. The van der Waals surface area contributed by atoms with Crippen LogP contribution in [0.15, 0.2) is 59.5 Å². The van der Waals surface area contributed by atoms with E-state index in [2.05, 4.69) is 30.9 Å². The quantitative estimate of drug-likeness (QED) is 0.418. The highest BCUT2D eigenvalue weighted by Crippen LogP contribution is 2.27. The van der Waals surface area contributed by atoms with Gasteiger partial charge in [0.25, 0.3) is 5.91 Å². The van der Waals surface area contributed by atoms with Crippen LogP contribution in [0.1, 0.15) is 34.4 Å². The number of anilines is 1. The number of imidazole rings is 1. The monoisotopic (exact) mass is 454 g/mol. The minimum absolute atomic E-state index is 0.124. The summed E-state index contributed by atoms with van der Waals surface area (Å²) >= 11 is 0. The molecule has 1 aliphatic heterocycles. The maximum Gasteiger partial charge on any atom is 0.274 e. The average Bonchev–Trinajstić information content (AvgIpc) is 3.53. The Hall–Kier alpha value is -4.31. The van der Waals surface area contributed by atoms with Crippen molar-refractivity contribution in [1.29, 1.82) is 0 Å². The molecule has 5 aromatic rings. The summed E-state index contributed by atoms with van der Waals surface area (Å²) in [6.07, 6.45) is 6.28. The van der Waals surface area contributed by atoms with E-state index >= 15 is 0 Å². The molecule has 1 aliphatic rings. The molecular formula is C24H22N8O2. The van der Waals surface area contributed by atoms with Crippen LogP contribution in [-0.4, -0.2) is 41.8 Å². The van der Waals surface area contributed by atoms with Crippen molar-refractivity contribution in [3.05, 3.63) is 72.1 Å². The first kappa shape index (κ1) is 20.3. The standard InChI is InChI=1S/C24H22N8O2/c1-14-3-4-16(22-28-24(34-30-22)18-5-8-25-18)11-19(14)27-23(33)20-13-26-21-12-15(6-10-32(20)21)17-7-9-31(2)29-17/h3-4,6-7,9-13,18,25H,5,8H2,1-2H3,(H,27,33)/t18-/m1/s1. The number of carbonyl (C=O) groups is 1. The maximum atomic E-state index is 13.1. The molecule has 4 aromatic heterocycles. The summed E-state index contributed by atoms with van der Waals surface area (Å²) in [5.74, 6) is 0.824. The summed E-state index contributed by atoms with van der Waals surface area (Å²) in [6, 6.07) is 11.6. The molecule has 2 N–H and O–H groups in total. The number of benzene rings is 1. The lowest BCUT2D eigenvalue weighted by Gasteiger charge is -2.23. The summed E-state index contributed by atoms with van der Waals surface area (Å²) in [7, 11) is 1.88. The fraction of sp³-hybridized carbons (Fsp3) is 0.208. The molecule has 1 fully saturated rings. The number of rotatable bonds is 5. The van der Waals surface area contributed by atoms with Crippen molar-refractivity contribution >= 4 is 17.2 Å². The Balaban J connectivity index is 1.26. The molecule has 0 unspecified atom stereocenters. The third-order valence-corrected chi connectivity index (χ3v) is 6.06. The summed E-state index contributed by atoms with van der Waals surface area (Å²) in [4.78, 5) is 22.1. The molecular weight excluding hydrogens is 432 g/mol. The largest absolute Gasteiger partial charge is 0.337 e. The van der Waals surface area contributed by atoms with Gasteiger partial charge in [0.2, 0.25) is 11.7 Å². The van der Waals surface area contributed by atoms with Gasteiger partial charge in [-0.05, 0) is 49.7 Å². The Morgan fingerprint density at radius 3 is 2.82 bits per heavy atom. The lowest BCUT2D eigenvalue weighted by atomic mass is 10.1. The van der Waals surface area contributed by atoms with Gasteiger partial charge in [-0.1, -0.05) is 17.3 Å². The second-order valence-corrected chi connectivity index (χ2v) is 8.40. The molecule has 1 amide bonds. The molecule has 1 atom stereocenters. The van der Waals surface area contributed by atoms with E-state index in [1.165, 1.54) is 0 Å². The molecule has 0 bridgehead atoms. The minimum atomic E-state index is -0.259. The molecule has 6 rings (SSSR count). The number of fused-ring (bicyclic) bond motifs is 1. The van der Waals surface area contributed by atoms with Gasteiger partial charge >= 0.3 is 0 Å². The highest BCUT2D eigenvalue weighted by molar-refractivity contribution is 6.04. The van der Waals surface area contributed by atoms with Gasteiger partial charge in [-0.3, -0.25) is 13.9 Å². The third kappa shape index (κ3) is 3.54. The normalized spacial score (nSPS) is 15.4. The van der Waals surface area contributed by atoms with Gasteiger partial charge in [-0.25, -0.2) is 4.98 Å². The van der Waals surface area contributed by atoms with Gasteiger partial charge in [-0.2, -0.15) is 10.1 Å². The van der Waals surface area contributed by atoms with Gasteiger partial charge < -0.3 is 15.2 Å². The van der Waals surface area contributed by atoms with E-state index in [1.54, 1.807) is 15.3 Å². The molecule has 1 aromatic carbocycles. The van der Waals surface area contributed by atoms with E-state index < -0.39 is 0 Å². The molecule has 1 saturated heterocycles. The van der Waals surface area contributed by atoms with Crippen molar-refractivity contribution in [1.82, 2.24) is 34.6 Å². The summed E-state index contributed by atoms with van der Waals surface area (Å²) < 4.78 is 8.91. The van der Waals surface area contributed by atoms with E-state index in [-0.39, 0.29) is 11.9 Å². The third-order valence-electron chi connectivity index (χ3n) is 6.06. The first-order valence-electron chi connectivity index (χ1n) is 11.0. The number of nitrogens with one attached hydrogen (secondary N) is 2. The Bertz CT molecular complexity index is 1530. The van der Waals surface area contributed by atoms with Crippen LogP contribution in [0.4, 0.5) is 5.69 Å². The Kier molecular flexibility index (Phi) is 4.73. The number of pyridine rings is 1. The van der Waals surface area contributed by atoms with Crippen molar-refractivity contribution in [3.63, 3.8) is 0 Å². The van der Waals surface area contributed by atoms with Crippen LogP contribution in [0.2, 0.25) is 0 Å². The van der Waals surface area contributed by atoms with Gasteiger partial charge in [0.05, 0.1) is 17.9 Å². The Morgan fingerprint density at radius 2 is 2.06 bits per heavy atom. The zero-order chi connectivity index (χ0) is 23.2. The minimum Gasteiger partial charge on any atom is -0.337 e. The summed E-state index contributed by atoms with van der Waals surface area (Å²) in [5.41, 5.74) is 5.26. The number of aromatic nitrogens is 6. The molecule has 10 nitrogen and oxygen atoms in total. The molecule has 34 heavy (non-hydrogen) atoms. The van der Waals surface area contributed by atoms with Crippen molar-refractivity contribution in [2.24, 2.45) is 7.05 Å². The van der Waals surface area contributed by atoms with Gasteiger partial charge in [0.15, 0.2) is 0 Å². The number of amides is 1. The number of hydrogen-bond acceptors (Lipinski definition) is 7. The Labute approximate surface area is 194 Å². The fourth-order valence-corrected chi connectivity index (χ4v) is 3.95. The van der Waals surface area contributed by atoms with Crippen LogP contribution in [0.3, 0.4) is 0 Å². The fourth-order valence-electron chi connectivity index (χ4n) is 3.95. The highest BCUT2D eigenvalue weighted by atomic mass is 16.5. The second kappa shape index (κ2) is 7.92. The van der Waals surface area contributed by atoms with Crippen molar-refractivity contribution in [2.75, 3.05) is 11.9 Å². The van der Waals surface area contributed by atoms with Crippen LogP contribution >= 0.6 is 0 Å². The zero-order valence-electron chi connectivity index (χ0n) is 18.7. The molecule has 0 aliphatic carbocycles. The second-order valence-electron chi connectivity index (χ2n) is 8.40. The SMILES string of the molecule is Cc1ccc(-c2noc([C@H]3CCN3)n2)cc1NC(=O)c1cnc2cc(-c3ccn(C)n3)ccn12. The molecule has 170 valence electrons. The number of carbonyl (C=O) groups excluding carboxylic acids is 1. The van der Waals surface area contributed by atoms with Crippen LogP contribution in [0.25, 0.3) is 28.3 Å². The predicted octanol–water partition coefficient (Wildman–Crippen LogP) is 3.38. The van der Waals surface area contributed by atoms with Crippen LogP contribution in [-0.2, 0) is 7.05 Å². The average molecular weight is 454 g/mol. The van der Waals surface area contributed by atoms with E-state index in [0.29, 0.717) is 28.7 Å². The smallest absolute Gasteiger partial charge is 0.274 e. The number of hydrogen-bond donors (Lipinski definition) is 2. The molecule has 0 spiro atoms. The van der Waals surface area contributed by atoms with E-state index in [4.69, 9.17) is 4.52 Å². The van der Waals surface area contributed by atoms with E-state index in [9.17, 15) is 4.79 Å². The summed E-state index contributed by atoms with van der Waals surface area (Å²) in [5, 5.41) is 14.8. The van der Waals surface area contributed by atoms with Crippen molar-refractivity contribution in [3.8, 4) is 22.6 Å². The first-order valence-corrected chi connectivity index (χ1v) is 11.0. The number of aryl methyl sites for hydroxylation is 2. The molecule has 0 radical (unpaired) electrons. The number of nitrogens with zero attached hydrogens (tertiary/aromatic N) is 6.